The lowest BCUT2D eigenvalue weighted by Crippen LogP contribution is -2.06. The molecule has 1 heterocycles. The third-order valence-electron chi connectivity index (χ3n) is 3.76. The molecule has 26 heavy (non-hydrogen) atoms. The Morgan fingerprint density at radius 3 is 2.54 bits per heavy atom. The molecule has 0 aliphatic carbocycles. The molecule has 0 spiro atoms. The Kier molecular flexibility index (Phi) is 5.22. The lowest BCUT2D eigenvalue weighted by molar-refractivity contribution is -0.129. The van der Waals surface area contributed by atoms with Gasteiger partial charge >= 0.3 is 5.97 Å². The number of carbonyl (C=O) groups excluding carboxylic acids is 1. The molecule has 0 saturated carbocycles. The number of benzene rings is 2. The second kappa shape index (κ2) is 7.74. The van der Waals surface area contributed by atoms with Crippen LogP contribution in [0.15, 0.2) is 53.2 Å². The summed E-state index contributed by atoms with van der Waals surface area (Å²) in [4.78, 5) is 16.5. The predicted octanol–water partition coefficient (Wildman–Crippen LogP) is 3.45. The molecule has 0 unspecified atom stereocenters. The highest BCUT2D eigenvalue weighted by molar-refractivity contribution is 6.13. The van der Waals surface area contributed by atoms with Crippen molar-refractivity contribution in [1.82, 2.24) is 0 Å². The second-order valence-corrected chi connectivity index (χ2v) is 5.38. The van der Waals surface area contributed by atoms with E-state index in [0.29, 0.717) is 29.4 Å². The van der Waals surface area contributed by atoms with Gasteiger partial charge in [0.1, 0.15) is 5.75 Å². The second-order valence-electron chi connectivity index (χ2n) is 5.38. The highest BCUT2D eigenvalue weighted by Crippen LogP contribution is 2.30. The van der Waals surface area contributed by atoms with Crippen LogP contribution in [0.1, 0.15) is 18.1 Å². The van der Waals surface area contributed by atoms with Crippen LogP contribution >= 0.6 is 0 Å². The molecule has 0 aromatic heterocycles. The number of aliphatic imine (C=N–C) groups is 1. The van der Waals surface area contributed by atoms with Gasteiger partial charge in [-0.1, -0.05) is 18.2 Å². The summed E-state index contributed by atoms with van der Waals surface area (Å²) in [5, 5.41) is 0. The zero-order valence-corrected chi connectivity index (χ0v) is 14.8. The van der Waals surface area contributed by atoms with E-state index in [1.54, 1.807) is 38.5 Å². The summed E-state index contributed by atoms with van der Waals surface area (Å²) in [5.74, 6) is 1.51. The molecule has 134 valence electrons. The van der Waals surface area contributed by atoms with Gasteiger partial charge in [0.15, 0.2) is 17.2 Å². The Hall–Kier alpha value is -3.28. The summed E-state index contributed by atoms with van der Waals surface area (Å²) in [6.07, 6.45) is 1.65. The summed E-state index contributed by atoms with van der Waals surface area (Å²) in [6, 6.07) is 12.6. The van der Waals surface area contributed by atoms with Crippen molar-refractivity contribution in [3.63, 3.8) is 0 Å². The molecule has 3 rings (SSSR count). The van der Waals surface area contributed by atoms with Gasteiger partial charge in [-0.2, -0.15) is 0 Å². The Labute approximate surface area is 151 Å². The molecule has 0 N–H and O–H groups in total. The SMILES string of the molecule is CCOc1ccccc1/C=C1/N=C(c2ccc(OC)c(OC)c2)OC1=O. The van der Waals surface area contributed by atoms with Crippen LogP contribution in [0.3, 0.4) is 0 Å². The maximum absolute atomic E-state index is 12.2. The van der Waals surface area contributed by atoms with Gasteiger partial charge in [0.2, 0.25) is 5.90 Å². The normalized spacial score (nSPS) is 14.8. The Morgan fingerprint density at radius 1 is 1.04 bits per heavy atom. The fourth-order valence-electron chi connectivity index (χ4n) is 2.54. The minimum Gasteiger partial charge on any atom is -0.493 e. The highest BCUT2D eigenvalue weighted by atomic mass is 16.6. The molecule has 0 bridgehead atoms. The van der Waals surface area contributed by atoms with Crippen LogP contribution < -0.4 is 14.2 Å². The number of methoxy groups -OCH3 is 2. The van der Waals surface area contributed by atoms with Gasteiger partial charge in [-0.3, -0.25) is 0 Å². The summed E-state index contributed by atoms with van der Waals surface area (Å²) in [6.45, 7) is 2.44. The van der Waals surface area contributed by atoms with E-state index in [9.17, 15) is 4.79 Å². The zero-order valence-electron chi connectivity index (χ0n) is 14.8. The number of esters is 1. The Morgan fingerprint density at radius 2 is 1.81 bits per heavy atom. The minimum atomic E-state index is -0.513. The summed E-state index contributed by atoms with van der Waals surface area (Å²) in [7, 11) is 3.10. The first-order chi connectivity index (χ1) is 12.7. The Balaban J connectivity index is 1.95. The predicted molar refractivity (Wildman–Crippen MR) is 97.8 cm³/mol. The van der Waals surface area contributed by atoms with Gasteiger partial charge in [-0.05, 0) is 37.3 Å². The van der Waals surface area contributed by atoms with Crippen molar-refractivity contribution < 1.29 is 23.7 Å². The van der Waals surface area contributed by atoms with Crippen LogP contribution in [0.4, 0.5) is 0 Å². The molecule has 0 saturated heterocycles. The third kappa shape index (κ3) is 3.54. The fourth-order valence-corrected chi connectivity index (χ4v) is 2.54. The minimum absolute atomic E-state index is 0.210. The topological polar surface area (TPSA) is 66.3 Å². The average molecular weight is 353 g/mol. The average Bonchev–Trinajstić information content (AvgIpc) is 3.03. The molecule has 0 amide bonds. The van der Waals surface area contributed by atoms with Gasteiger partial charge in [-0.15, -0.1) is 0 Å². The molecule has 0 atom stereocenters. The van der Waals surface area contributed by atoms with Crippen LogP contribution in [0.25, 0.3) is 6.08 Å². The van der Waals surface area contributed by atoms with Crippen molar-refractivity contribution in [2.24, 2.45) is 4.99 Å². The van der Waals surface area contributed by atoms with Crippen LogP contribution in [0.5, 0.6) is 17.2 Å². The molecule has 1 aliphatic rings. The Bertz CT molecular complexity index is 886. The standard InChI is InChI=1S/C20H19NO5/c1-4-25-16-8-6-5-7-13(16)11-15-20(22)26-19(21-15)14-9-10-17(23-2)18(12-14)24-3/h5-12H,4H2,1-3H3/b15-11+. The van der Waals surface area contributed by atoms with Gasteiger partial charge < -0.3 is 18.9 Å². The fraction of sp³-hybridized carbons (Fsp3) is 0.200. The van der Waals surface area contributed by atoms with E-state index in [2.05, 4.69) is 4.99 Å². The maximum Gasteiger partial charge on any atom is 0.363 e. The van der Waals surface area contributed by atoms with Crippen molar-refractivity contribution in [2.75, 3.05) is 20.8 Å². The highest BCUT2D eigenvalue weighted by Gasteiger charge is 2.25. The molecule has 6 nitrogen and oxygen atoms in total. The molecular formula is C20H19NO5. The largest absolute Gasteiger partial charge is 0.493 e. The molecule has 0 radical (unpaired) electrons. The number of ether oxygens (including phenoxy) is 4. The lowest BCUT2D eigenvalue weighted by Gasteiger charge is -2.08. The number of para-hydroxylation sites is 1. The first-order valence-corrected chi connectivity index (χ1v) is 8.13. The van der Waals surface area contributed by atoms with Crippen LogP contribution in [0.2, 0.25) is 0 Å². The molecule has 0 fully saturated rings. The van der Waals surface area contributed by atoms with E-state index in [1.165, 1.54) is 0 Å². The molecule has 6 heteroatoms. The smallest absolute Gasteiger partial charge is 0.363 e. The van der Waals surface area contributed by atoms with Crippen LogP contribution in [0, 0.1) is 0 Å². The van der Waals surface area contributed by atoms with E-state index in [0.717, 1.165) is 5.56 Å². The van der Waals surface area contributed by atoms with E-state index in [4.69, 9.17) is 18.9 Å². The first-order valence-electron chi connectivity index (χ1n) is 8.13. The van der Waals surface area contributed by atoms with Gasteiger partial charge in [0.25, 0.3) is 0 Å². The van der Waals surface area contributed by atoms with Crippen molar-refractivity contribution in [3.8, 4) is 17.2 Å². The van der Waals surface area contributed by atoms with Gasteiger partial charge in [0.05, 0.1) is 20.8 Å². The number of rotatable bonds is 6. The first kappa shape index (κ1) is 17.5. The molecular weight excluding hydrogens is 334 g/mol. The summed E-state index contributed by atoms with van der Waals surface area (Å²) < 4.78 is 21.4. The third-order valence-corrected chi connectivity index (χ3v) is 3.76. The number of cyclic esters (lactones) is 1. The maximum atomic E-state index is 12.2. The van der Waals surface area contributed by atoms with E-state index >= 15 is 0 Å². The van der Waals surface area contributed by atoms with E-state index in [1.807, 2.05) is 31.2 Å². The van der Waals surface area contributed by atoms with Crippen molar-refractivity contribution in [1.29, 1.82) is 0 Å². The molecule has 1 aliphatic heterocycles. The summed E-state index contributed by atoms with van der Waals surface area (Å²) >= 11 is 0. The number of carbonyl (C=O) groups is 1. The van der Waals surface area contributed by atoms with Crippen LogP contribution in [-0.2, 0) is 9.53 Å². The van der Waals surface area contributed by atoms with Crippen molar-refractivity contribution in [3.05, 3.63) is 59.3 Å². The molecule has 2 aromatic carbocycles. The quantitative estimate of drug-likeness (QED) is 0.588. The monoisotopic (exact) mass is 353 g/mol. The number of hydrogen-bond donors (Lipinski definition) is 0. The lowest BCUT2D eigenvalue weighted by atomic mass is 10.1. The van der Waals surface area contributed by atoms with E-state index < -0.39 is 5.97 Å². The van der Waals surface area contributed by atoms with Crippen molar-refractivity contribution in [2.45, 2.75) is 6.92 Å². The van der Waals surface area contributed by atoms with E-state index in [-0.39, 0.29) is 11.6 Å². The molecule has 2 aromatic rings. The van der Waals surface area contributed by atoms with Crippen molar-refractivity contribution >= 4 is 17.9 Å². The summed E-state index contributed by atoms with van der Waals surface area (Å²) in [5.41, 5.74) is 1.60. The number of hydrogen-bond acceptors (Lipinski definition) is 6. The van der Waals surface area contributed by atoms with Gasteiger partial charge in [0, 0.05) is 11.1 Å². The zero-order chi connectivity index (χ0) is 18.5. The number of nitrogens with zero attached hydrogens (tertiary/aromatic N) is 1. The van der Waals surface area contributed by atoms with Gasteiger partial charge in [-0.25, -0.2) is 9.79 Å². The van der Waals surface area contributed by atoms with Crippen LogP contribution in [-0.4, -0.2) is 32.7 Å².